The molecule has 0 aromatic heterocycles. The molecule has 36 heavy (non-hydrogen) atoms. The Balaban J connectivity index is 1.71. The van der Waals surface area contributed by atoms with Crippen molar-refractivity contribution >= 4 is 29.7 Å². The molecule has 3 amide bonds. The minimum atomic E-state index is -1.01. The lowest BCUT2D eigenvalue weighted by molar-refractivity contribution is -0.121. The number of carbonyl (C=O) groups excluding carboxylic acids is 4. The van der Waals surface area contributed by atoms with E-state index in [0.717, 1.165) is 4.90 Å². The number of benzene rings is 1. The molecule has 0 spiro atoms. The molecular formula is C24H36N4O8. The lowest BCUT2D eigenvalue weighted by Crippen LogP contribution is -2.41. The molecule has 1 unspecified atom stereocenters. The number of carbonyl (C=O) groups is 4. The Bertz CT molecular complexity index is 867. The maximum absolute atomic E-state index is 13.0. The Kier molecular flexibility index (Phi) is 13.6. The minimum Gasteiger partial charge on any atom is -0.382 e. The van der Waals surface area contributed by atoms with Crippen LogP contribution in [0.1, 0.15) is 33.6 Å². The quantitative estimate of drug-likeness (QED) is 0.122. The Morgan fingerprint density at radius 2 is 1.58 bits per heavy atom. The molecular weight excluding hydrogens is 472 g/mol. The largest absolute Gasteiger partial charge is 0.382 e. The highest BCUT2D eigenvalue weighted by Crippen LogP contribution is 2.31. The van der Waals surface area contributed by atoms with Crippen LogP contribution in [0.2, 0.25) is 0 Å². The molecule has 1 aromatic carbocycles. The van der Waals surface area contributed by atoms with Gasteiger partial charge in [0.25, 0.3) is 11.8 Å². The van der Waals surface area contributed by atoms with Crippen LogP contribution < -0.4 is 16.4 Å². The number of aldehydes is 1. The van der Waals surface area contributed by atoms with Crippen molar-refractivity contribution in [2.75, 3.05) is 78.3 Å². The monoisotopic (exact) mass is 508 g/mol. The Labute approximate surface area is 210 Å². The van der Waals surface area contributed by atoms with Gasteiger partial charge in [-0.2, -0.15) is 0 Å². The summed E-state index contributed by atoms with van der Waals surface area (Å²) >= 11 is 0. The summed E-state index contributed by atoms with van der Waals surface area (Å²) in [4.78, 5) is 49.9. The summed E-state index contributed by atoms with van der Waals surface area (Å²) in [6.07, 6.45) is 0.608. The molecule has 1 aliphatic rings. The molecule has 0 aliphatic carbocycles. The summed E-state index contributed by atoms with van der Waals surface area (Å²) < 4.78 is 21.5. The molecule has 0 radical (unpaired) electrons. The Morgan fingerprint density at radius 1 is 0.972 bits per heavy atom. The van der Waals surface area contributed by atoms with Crippen molar-refractivity contribution < 1.29 is 38.1 Å². The van der Waals surface area contributed by atoms with Crippen LogP contribution in [-0.4, -0.2) is 108 Å². The second kappa shape index (κ2) is 16.7. The van der Waals surface area contributed by atoms with Crippen LogP contribution in [0.3, 0.4) is 0 Å². The number of rotatable bonds is 20. The number of anilines is 1. The molecule has 4 N–H and O–H groups in total. The third-order valence-electron chi connectivity index (χ3n) is 5.32. The molecule has 1 aliphatic heterocycles. The van der Waals surface area contributed by atoms with Gasteiger partial charge in [-0.1, -0.05) is 6.07 Å². The zero-order chi connectivity index (χ0) is 26.2. The molecule has 12 nitrogen and oxygen atoms in total. The van der Waals surface area contributed by atoms with Gasteiger partial charge in [-0.3, -0.25) is 19.3 Å². The summed E-state index contributed by atoms with van der Waals surface area (Å²) in [5, 5.41) is 5.57. The van der Waals surface area contributed by atoms with Crippen molar-refractivity contribution in [1.82, 2.24) is 10.2 Å². The molecule has 1 heterocycles. The van der Waals surface area contributed by atoms with Gasteiger partial charge in [0.05, 0.1) is 70.0 Å². The van der Waals surface area contributed by atoms with Gasteiger partial charge < -0.3 is 40.1 Å². The smallest absolute Gasteiger partial charge is 0.264 e. The third-order valence-corrected chi connectivity index (χ3v) is 5.32. The number of imide groups is 1. The summed E-state index contributed by atoms with van der Waals surface area (Å²) in [5.41, 5.74) is 6.24. The van der Waals surface area contributed by atoms with Crippen molar-refractivity contribution in [2.24, 2.45) is 5.73 Å². The first-order chi connectivity index (χ1) is 17.5. The van der Waals surface area contributed by atoms with Crippen LogP contribution in [0.4, 0.5) is 5.69 Å². The topological polar surface area (TPSA) is 159 Å². The predicted octanol–water partition coefficient (Wildman–Crippen LogP) is -0.187. The van der Waals surface area contributed by atoms with E-state index in [9.17, 15) is 19.2 Å². The molecule has 1 aromatic rings. The second-order valence-electron chi connectivity index (χ2n) is 7.79. The number of amides is 3. The highest BCUT2D eigenvalue weighted by atomic mass is 16.6. The SMILES string of the molecule is CNC(=O)CCC(C=O)N1C(=O)c2cccc(NCCOCCOCCOCCOCCN)c2C1=O. The highest BCUT2D eigenvalue weighted by molar-refractivity contribution is 6.24. The van der Waals surface area contributed by atoms with E-state index in [2.05, 4.69) is 10.6 Å². The first-order valence-corrected chi connectivity index (χ1v) is 12.0. The average molecular weight is 509 g/mol. The van der Waals surface area contributed by atoms with Crippen LogP contribution >= 0.6 is 0 Å². The van der Waals surface area contributed by atoms with Gasteiger partial charge in [-0.15, -0.1) is 0 Å². The van der Waals surface area contributed by atoms with Gasteiger partial charge in [0.15, 0.2) is 0 Å². The van der Waals surface area contributed by atoms with E-state index in [4.69, 9.17) is 24.7 Å². The molecule has 1 atom stereocenters. The van der Waals surface area contributed by atoms with Crippen LogP contribution in [0.25, 0.3) is 0 Å². The Hall–Kier alpha value is -2.90. The molecule has 0 saturated heterocycles. The van der Waals surface area contributed by atoms with Crippen molar-refractivity contribution in [1.29, 1.82) is 0 Å². The van der Waals surface area contributed by atoms with Gasteiger partial charge in [0, 0.05) is 32.2 Å². The summed E-state index contributed by atoms with van der Waals surface area (Å²) in [5.74, 6) is -1.38. The molecule has 12 heteroatoms. The number of ether oxygens (including phenoxy) is 4. The van der Waals surface area contributed by atoms with Crippen LogP contribution in [0, 0.1) is 0 Å². The van der Waals surface area contributed by atoms with Gasteiger partial charge in [-0.25, -0.2) is 0 Å². The fraction of sp³-hybridized carbons (Fsp3) is 0.583. The maximum atomic E-state index is 13.0. The minimum absolute atomic E-state index is 0.0245. The van der Waals surface area contributed by atoms with E-state index < -0.39 is 17.9 Å². The van der Waals surface area contributed by atoms with E-state index >= 15 is 0 Å². The highest BCUT2D eigenvalue weighted by Gasteiger charge is 2.41. The Morgan fingerprint density at radius 3 is 2.17 bits per heavy atom. The molecule has 200 valence electrons. The van der Waals surface area contributed by atoms with E-state index in [1.54, 1.807) is 18.2 Å². The van der Waals surface area contributed by atoms with Crippen molar-refractivity contribution in [3.63, 3.8) is 0 Å². The number of nitrogens with one attached hydrogen (secondary N) is 2. The number of nitrogens with two attached hydrogens (primary N) is 1. The van der Waals surface area contributed by atoms with Gasteiger partial charge in [0.2, 0.25) is 5.91 Å². The first-order valence-electron chi connectivity index (χ1n) is 12.0. The van der Waals surface area contributed by atoms with Gasteiger partial charge in [0.1, 0.15) is 6.29 Å². The number of hydrogen-bond donors (Lipinski definition) is 3. The standard InChI is InChI=1S/C24H36N4O8/c1-26-21(30)6-5-18(17-29)28-23(31)19-3-2-4-20(22(19)24(28)32)27-8-10-34-12-14-36-16-15-35-13-11-33-9-7-25/h2-4,17-18,27H,5-16,25H2,1H3,(H,26,30). The summed E-state index contributed by atoms with van der Waals surface area (Å²) in [6.45, 7) is 4.49. The van der Waals surface area contributed by atoms with Crippen molar-refractivity contribution in [3.05, 3.63) is 29.3 Å². The predicted molar refractivity (Wildman–Crippen MR) is 131 cm³/mol. The number of fused-ring (bicyclic) bond motifs is 1. The lowest BCUT2D eigenvalue weighted by Gasteiger charge is -2.21. The number of nitrogens with zero attached hydrogens (tertiary/aromatic N) is 1. The van der Waals surface area contributed by atoms with Crippen molar-refractivity contribution in [3.8, 4) is 0 Å². The van der Waals surface area contributed by atoms with Crippen LogP contribution in [0.5, 0.6) is 0 Å². The number of hydrogen-bond acceptors (Lipinski definition) is 10. The molecule has 0 fully saturated rings. The van der Waals surface area contributed by atoms with E-state index in [0.29, 0.717) is 77.9 Å². The average Bonchev–Trinajstić information content (AvgIpc) is 3.15. The van der Waals surface area contributed by atoms with E-state index in [1.165, 1.54) is 7.05 Å². The van der Waals surface area contributed by atoms with Gasteiger partial charge in [-0.05, 0) is 18.6 Å². The summed E-state index contributed by atoms with van der Waals surface area (Å²) in [6, 6.07) is 3.89. The fourth-order valence-corrected chi connectivity index (χ4v) is 3.52. The van der Waals surface area contributed by atoms with Crippen molar-refractivity contribution in [2.45, 2.75) is 18.9 Å². The first kappa shape index (κ1) is 29.3. The normalized spacial score (nSPS) is 13.6. The fourth-order valence-electron chi connectivity index (χ4n) is 3.52. The molecule has 2 rings (SSSR count). The second-order valence-corrected chi connectivity index (χ2v) is 7.79. The zero-order valence-electron chi connectivity index (χ0n) is 20.7. The van der Waals surface area contributed by atoms with E-state index in [1.807, 2.05) is 0 Å². The molecule has 0 saturated carbocycles. The summed E-state index contributed by atoms with van der Waals surface area (Å²) in [7, 11) is 1.48. The lowest BCUT2D eigenvalue weighted by atomic mass is 10.1. The third kappa shape index (κ3) is 8.95. The maximum Gasteiger partial charge on any atom is 0.264 e. The van der Waals surface area contributed by atoms with E-state index in [-0.39, 0.29) is 29.9 Å². The molecule has 0 bridgehead atoms. The van der Waals surface area contributed by atoms with Crippen LogP contribution in [-0.2, 0) is 28.5 Å². The van der Waals surface area contributed by atoms with Crippen LogP contribution in [0.15, 0.2) is 18.2 Å². The van der Waals surface area contributed by atoms with Gasteiger partial charge >= 0.3 is 0 Å². The zero-order valence-corrected chi connectivity index (χ0v) is 20.7.